The van der Waals surface area contributed by atoms with Crippen LogP contribution in [0.3, 0.4) is 0 Å². The molecule has 10 nitrogen and oxygen atoms in total. The second kappa shape index (κ2) is 11.9. The van der Waals surface area contributed by atoms with Crippen LogP contribution in [0.1, 0.15) is 44.2 Å². The molecule has 0 saturated heterocycles. The molecule has 0 radical (unpaired) electrons. The second-order valence-electron chi connectivity index (χ2n) is 7.64. The van der Waals surface area contributed by atoms with Gasteiger partial charge in [-0.2, -0.15) is 0 Å². The maximum Gasteiger partial charge on any atom is 0.409 e. The van der Waals surface area contributed by atoms with E-state index < -0.39 is 28.1 Å². The zero-order valence-corrected chi connectivity index (χ0v) is 18.5. The molecule has 1 saturated carbocycles. The molecule has 1 aliphatic carbocycles. The van der Waals surface area contributed by atoms with Gasteiger partial charge in [0.1, 0.15) is 12.5 Å². The molecule has 11 heteroatoms. The van der Waals surface area contributed by atoms with Crippen molar-refractivity contribution in [3.63, 3.8) is 0 Å². The number of rotatable bonds is 15. The molecule has 2 amide bonds. The predicted octanol–water partition coefficient (Wildman–Crippen LogP) is 1.68. The maximum absolute atomic E-state index is 12.4. The molecule has 2 rings (SSSR count). The Balaban J connectivity index is 1.72. The molecule has 174 valence electrons. The molecule has 0 bridgehead atoms. The summed E-state index contributed by atoms with van der Waals surface area (Å²) < 4.78 is 38.3. The van der Waals surface area contributed by atoms with Gasteiger partial charge in [0.2, 0.25) is 15.9 Å². The lowest BCUT2D eigenvalue weighted by Crippen LogP contribution is -2.35. The number of nitrogens with zero attached hydrogens (tertiary/aromatic N) is 1. The lowest BCUT2D eigenvalue weighted by molar-refractivity contribution is -0.118. The summed E-state index contributed by atoms with van der Waals surface area (Å²) in [5.74, 6) is 0.581. The lowest BCUT2D eigenvalue weighted by Gasteiger charge is -2.18. The third-order valence-electron chi connectivity index (χ3n) is 4.74. The number of nitrogens with one attached hydrogen (secondary N) is 1. The van der Waals surface area contributed by atoms with Gasteiger partial charge in [-0.15, -0.1) is 0 Å². The first-order valence-corrected chi connectivity index (χ1v) is 11.9. The molecule has 0 heterocycles. The number of hydrogen-bond donors (Lipinski definition) is 3. The molecule has 4 N–H and O–H groups in total. The molecule has 1 aromatic carbocycles. The van der Waals surface area contributed by atoms with Crippen molar-refractivity contribution in [2.24, 2.45) is 11.7 Å². The number of carbonyl (C=O) groups is 2. The van der Waals surface area contributed by atoms with E-state index >= 15 is 0 Å². The fourth-order valence-corrected chi connectivity index (χ4v) is 4.05. The number of primary amides is 1. The molecule has 0 aromatic heterocycles. The molecule has 0 spiro atoms. The van der Waals surface area contributed by atoms with Crippen molar-refractivity contribution in [1.29, 1.82) is 0 Å². The Morgan fingerprint density at radius 3 is 2.74 bits per heavy atom. The van der Waals surface area contributed by atoms with Gasteiger partial charge in [-0.05, 0) is 49.8 Å². The summed E-state index contributed by atoms with van der Waals surface area (Å²) in [6, 6.07) is 6.95. The Morgan fingerprint density at radius 1 is 1.35 bits per heavy atom. The fraction of sp³-hybridized carbons (Fsp3) is 0.600. The molecule has 31 heavy (non-hydrogen) atoms. The van der Waals surface area contributed by atoms with Gasteiger partial charge in [-0.1, -0.05) is 12.1 Å². The van der Waals surface area contributed by atoms with Crippen LogP contribution in [0.4, 0.5) is 4.79 Å². The summed E-state index contributed by atoms with van der Waals surface area (Å²) >= 11 is 0. The van der Waals surface area contributed by atoms with E-state index in [0.717, 1.165) is 16.2 Å². The summed E-state index contributed by atoms with van der Waals surface area (Å²) in [6.45, 7) is 2.16. The van der Waals surface area contributed by atoms with E-state index in [1.807, 2.05) is 24.3 Å². The molecule has 1 aliphatic rings. The summed E-state index contributed by atoms with van der Waals surface area (Å²) in [7, 11) is -3.56. The minimum Gasteiger partial charge on any atom is -0.493 e. The molecular weight excluding hydrogens is 426 g/mol. The van der Waals surface area contributed by atoms with E-state index in [1.165, 1.54) is 12.8 Å². The van der Waals surface area contributed by atoms with Gasteiger partial charge >= 0.3 is 6.09 Å². The summed E-state index contributed by atoms with van der Waals surface area (Å²) in [5, 5.41) is 9.04. The van der Waals surface area contributed by atoms with Gasteiger partial charge in [0, 0.05) is 25.6 Å². The van der Waals surface area contributed by atoms with Crippen LogP contribution in [0.15, 0.2) is 24.3 Å². The van der Waals surface area contributed by atoms with Gasteiger partial charge < -0.3 is 20.3 Å². The van der Waals surface area contributed by atoms with Crippen molar-refractivity contribution < 1.29 is 32.6 Å². The smallest absolute Gasteiger partial charge is 0.409 e. The normalized spacial score (nSPS) is 14.7. The van der Waals surface area contributed by atoms with E-state index in [2.05, 4.69) is 4.72 Å². The van der Waals surface area contributed by atoms with Crippen molar-refractivity contribution in [3.8, 4) is 5.75 Å². The van der Waals surface area contributed by atoms with Crippen LogP contribution < -0.4 is 15.2 Å². The van der Waals surface area contributed by atoms with Gasteiger partial charge in [0.15, 0.2) is 0 Å². The van der Waals surface area contributed by atoms with Gasteiger partial charge in [-0.25, -0.2) is 17.9 Å². The third-order valence-corrected chi connectivity index (χ3v) is 6.28. The Bertz CT molecular complexity index is 843. The van der Waals surface area contributed by atoms with E-state index in [-0.39, 0.29) is 38.5 Å². The van der Waals surface area contributed by atoms with E-state index in [4.69, 9.17) is 20.3 Å². The zero-order chi connectivity index (χ0) is 22.9. The van der Waals surface area contributed by atoms with Crippen molar-refractivity contribution >= 4 is 22.0 Å². The zero-order valence-electron chi connectivity index (χ0n) is 17.7. The van der Waals surface area contributed by atoms with E-state index in [0.29, 0.717) is 12.5 Å². The maximum atomic E-state index is 12.4. The Morgan fingerprint density at radius 2 is 2.10 bits per heavy atom. The fourth-order valence-electron chi connectivity index (χ4n) is 2.75. The van der Waals surface area contributed by atoms with Crippen LogP contribution in [0.25, 0.3) is 0 Å². The monoisotopic (exact) mass is 457 g/mol. The molecule has 0 aliphatic heterocycles. The number of carbonyl (C=O) groups excluding carboxylic acids is 1. The Hall–Kier alpha value is -2.37. The number of carboxylic acid groups (broad SMARTS) is 1. The number of amides is 2. The largest absolute Gasteiger partial charge is 0.493 e. The molecule has 1 fully saturated rings. The highest BCUT2D eigenvalue weighted by Gasteiger charge is 2.22. The number of ether oxygens (including phenoxy) is 2. The predicted molar refractivity (Wildman–Crippen MR) is 114 cm³/mol. The average Bonchev–Trinajstić information content (AvgIpc) is 3.52. The number of benzene rings is 1. The number of nitrogens with two attached hydrogens (primary N) is 1. The lowest BCUT2D eigenvalue weighted by atomic mass is 10.1. The van der Waals surface area contributed by atoms with Gasteiger partial charge in [0.25, 0.3) is 0 Å². The van der Waals surface area contributed by atoms with E-state index in [9.17, 15) is 18.0 Å². The van der Waals surface area contributed by atoms with Gasteiger partial charge in [-0.3, -0.25) is 9.69 Å². The van der Waals surface area contributed by atoms with Crippen LogP contribution in [-0.2, 0) is 19.6 Å². The molecule has 1 unspecified atom stereocenters. The Labute approximate surface area is 182 Å². The highest BCUT2D eigenvalue weighted by atomic mass is 32.2. The van der Waals surface area contributed by atoms with Crippen molar-refractivity contribution in [2.45, 2.75) is 38.6 Å². The Kier molecular flexibility index (Phi) is 9.53. The highest BCUT2D eigenvalue weighted by Crippen LogP contribution is 2.30. The third kappa shape index (κ3) is 9.99. The first kappa shape index (κ1) is 24.9. The summed E-state index contributed by atoms with van der Waals surface area (Å²) in [4.78, 5) is 22.7. The van der Waals surface area contributed by atoms with Crippen LogP contribution in [0.2, 0.25) is 0 Å². The van der Waals surface area contributed by atoms with Crippen molar-refractivity contribution in [1.82, 2.24) is 9.62 Å². The van der Waals surface area contributed by atoms with Crippen LogP contribution in [0, 0.1) is 5.92 Å². The van der Waals surface area contributed by atoms with Crippen molar-refractivity contribution in [2.75, 3.05) is 32.2 Å². The van der Waals surface area contributed by atoms with Crippen LogP contribution >= 0.6 is 0 Å². The summed E-state index contributed by atoms with van der Waals surface area (Å²) in [6.07, 6.45) is 1.23. The second-order valence-corrected chi connectivity index (χ2v) is 9.51. The minimum atomic E-state index is -3.56. The average molecular weight is 458 g/mol. The van der Waals surface area contributed by atoms with Crippen molar-refractivity contribution in [3.05, 3.63) is 29.8 Å². The van der Waals surface area contributed by atoms with Crippen LogP contribution in [-0.4, -0.2) is 62.7 Å². The standard InChI is InChI=1S/C20H31N3O7S/c1-15(17-4-2-5-18(12-17)30-13-16-6-7-16)22-31(27,28)11-3-10-29-14-23(20(25)26)9-8-19(21)24/h2,4-5,12,15-16,22H,3,6-11,13-14H2,1H3,(H2,21,24)(H,25,26). The van der Waals surface area contributed by atoms with E-state index in [1.54, 1.807) is 6.92 Å². The first-order chi connectivity index (χ1) is 14.7. The molecule has 1 atom stereocenters. The molecule has 1 aromatic rings. The summed E-state index contributed by atoms with van der Waals surface area (Å²) in [5.41, 5.74) is 5.81. The number of hydrogen-bond acceptors (Lipinski definition) is 6. The first-order valence-electron chi connectivity index (χ1n) is 10.2. The minimum absolute atomic E-state index is 0.0557. The quantitative estimate of drug-likeness (QED) is 0.268. The van der Waals surface area contributed by atoms with Crippen LogP contribution in [0.5, 0.6) is 5.75 Å². The number of sulfonamides is 1. The topological polar surface area (TPSA) is 148 Å². The SMILES string of the molecule is CC(NS(=O)(=O)CCCOCN(CCC(N)=O)C(=O)O)c1cccc(OCC2CC2)c1. The highest BCUT2D eigenvalue weighted by molar-refractivity contribution is 7.89. The van der Waals surface area contributed by atoms with Gasteiger partial charge in [0.05, 0.1) is 12.4 Å². The molecular formula is C20H31N3O7S.